The van der Waals surface area contributed by atoms with Crippen LogP contribution in [0.2, 0.25) is 0 Å². The second kappa shape index (κ2) is 7.76. The predicted molar refractivity (Wildman–Crippen MR) is 97.2 cm³/mol. The number of hydrogen-bond acceptors (Lipinski definition) is 6. The number of amides is 1. The summed E-state index contributed by atoms with van der Waals surface area (Å²) in [6.07, 6.45) is 6.92. The topological polar surface area (TPSA) is 73.1 Å². The summed E-state index contributed by atoms with van der Waals surface area (Å²) < 4.78 is 7.43. The Morgan fingerprint density at radius 1 is 1.31 bits per heavy atom. The molecule has 0 saturated carbocycles. The van der Waals surface area contributed by atoms with Gasteiger partial charge in [-0.05, 0) is 47.4 Å². The van der Waals surface area contributed by atoms with Crippen molar-refractivity contribution < 1.29 is 9.53 Å². The first-order chi connectivity index (χ1) is 12.8. The fraction of sp³-hybridized carbons (Fsp3) is 0.333. The quantitative estimate of drug-likeness (QED) is 0.668. The zero-order valence-corrected chi connectivity index (χ0v) is 15.0. The fourth-order valence-corrected chi connectivity index (χ4v) is 3.68. The molecule has 0 aromatic carbocycles. The lowest BCUT2D eigenvalue weighted by Gasteiger charge is -2.25. The van der Waals surface area contributed by atoms with Crippen LogP contribution in [0.5, 0.6) is 0 Å². The maximum absolute atomic E-state index is 13.1. The van der Waals surface area contributed by atoms with Crippen LogP contribution < -0.4 is 0 Å². The first kappa shape index (κ1) is 16.9. The minimum atomic E-state index is -0.0329. The highest BCUT2D eigenvalue weighted by molar-refractivity contribution is 7.07. The summed E-state index contributed by atoms with van der Waals surface area (Å²) in [6.45, 7) is 1.96. The number of carbonyl (C=O) groups is 1. The van der Waals surface area contributed by atoms with Crippen molar-refractivity contribution >= 4 is 17.2 Å². The fourth-order valence-electron chi connectivity index (χ4n) is 3.02. The van der Waals surface area contributed by atoms with E-state index in [2.05, 4.69) is 20.6 Å². The molecule has 0 N–H and O–H groups in total. The van der Waals surface area contributed by atoms with E-state index in [0.717, 1.165) is 25.0 Å². The molecule has 0 radical (unpaired) electrons. The number of ether oxygens (including phenoxy) is 1. The Kier molecular flexibility index (Phi) is 5.03. The Bertz CT molecular complexity index is 827. The summed E-state index contributed by atoms with van der Waals surface area (Å²) >= 11 is 1.64. The first-order valence-corrected chi connectivity index (χ1v) is 9.47. The molecule has 1 fully saturated rings. The number of rotatable bonds is 6. The molecule has 8 heteroatoms. The van der Waals surface area contributed by atoms with Crippen LogP contribution >= 0.6 is 11.3 Å². The summed E-state index contributed by atoms with van der Waals surface area (Å²) in [4.78, 5) is 19.3. The molecule has 7 nitrogen and oxygen atoms in total. The Hall–Kier alpha value is -2.58. The van der Waals surface area contributed by atoms with Crippen molar-refractivity contribution in [3.8, 4) is 5.82 Å². The van der Waals surface area contributed by atoms with Crippen LogP contribution in [0.15, 0.2) is 47.8 Å². The van der Waals surface area contributed by atoms with E-state index in [9.17, 15) is 4.79 Å². The molecule has 4 heterocycles. The van der Waals surface area contributed by atoms with E-state index >= 15 is 0 Å². The van der Waals surface area contributed by atoms with Gasteiger partial charge in [-0.1, -0.05) is 0 Å². The number of pyridine rings is 1. The number of nitrogens with zero attached hydrogens (tertiary/aromatic N) is 5. The molecule has 3 aromatic rings. The summed E-state index contributed by atoms with van der Waals surface area (Å²) in [7, 11) is 0. The zero-order valence-electron chi connectivity index (χ0n) is 14.2. The van der Waals surface area contributed by atoms with E-state index in [1.54, 1.807) is 46.9 Å². The average Bonchev–Trinajstić information content (AvgIpc) is 3.43. The van der Waals surface area contributed by atoms with Crippen LogP contribution in [-0.4, -0.2) is 49.8 Å². The molecule has 0 spiro atoms. The van der Waals surface area contributed by atoms with Crippen LogP contribution in [0.4, 0.5) is 0 Å². The van der Waals surface area contributed by atoms with Crippen LogP contribution in [0.25, 0.3) is 5.82 Å². The molecular formula is C18H19N5O2S. The molecule has 0 bridgehead atoms. The molecule has 1 saturated heterocycles. The highest BCUT2D eigenvalue weighted by Gasteiger charge is 2.24. The van der Waals surface area contributed by atoms with Gasteiger partial charge in [0.05, 0.1) is 11.7 Å². The van der Waals surface area contributed by atoms with E-state index in [1.165, 1.54) is 0 Å². The highest BCUT2D eigenvalue weighted by Crippen LogP contribution is 2.18. The summed E-state index contributed by atoms with van der Waals surface area (Å²) in [5, 5.41) is 11.6. The molecule has 1 aliphatic rings. The SMILES string of the molecule is O=C(c1ccc(-n2cnnc2)nc1)N(Cc1ccsc1)C[C@@H]1CCCO1. The standard InChI is InChI=1S/C18H19N5O2S/c24-18(15-3-4-17(19-8-15)23-12-20-21-13-23)22(9-14-5-7-26-11-14)10-16-2-1-6-25-16/h3-5,7-8,11-13,16H,1-2,6,9-10H2/t16-/m0/s1. The van der Waals surface area contributed by atoms with Crippen molar-refractivity contribution in [3.63, 3.8) is 0 Å². The number of carbonyl (C=O) groups excluding carboxylic acids is 1. The van der Waals surface area contributed by atoms with Crippen molar-refractivity contribution in [1.82, 2.24) is 24.6 Å². The van der Waals surface area contributed by atoms with Gasteiger partial charge in [0.2, 0.25) is 0 Å². The van der Waals surface area contributed by atoms with Gasteiger partial charge in [-0.25, -0.2) is 4.98 Å². The van der Waals surface area contributed by atoms with Gasteiger partial charge in [0.15, 0.2) is 0 Å². The van der Waals surface area contributed by atoms with E-state index in [-0.39, 0.29) is 12.0 Å². The van der Waals surface area contributed by atoms with Crippen molar-refractivity contribution in [2.75, 3.05) is 13.2 Å². The van der Waals surface area contributed by atoms with E-state index in [0.29, 0.717) is 24.5 Å². The van der Waals surface area contributed by atoms with Crippen LogP contribution in [0.1, 0.15) is 28.8 Å². The van der Waals surface area contributed by atoms with Gasteiger partial charge >= 0.3 is 0 Å². The van der Waals surface area contributed by atoms with Crippen LogP contribution in [0.3, 0.4) is 0 Å². The van der Waals surface area contributed by atoms with Crippen LogP contribution in [0, 0.1) is 0 Å². The van der Waals surface area contributed by atoms with Gasteiger partial charge in [0, 0.05) is 25.9 Å². The smallest absolute Gasteiger partial charge is 0.255 e. The maximum atomic E-state index is 13.1. The predicted octanol–water partition coefficient (Wildman–Crippen LogP) is 2.55. The molecule has 0 aliphatic carbocycles. The minimum Gasteiger partial charge on any atom is -0.376 e. The Balaban J connectivity index is 1.52. The molecule has 4 rings (SSSR count). The van der Waals surface area contributed by atoms with Gasteiger partial charge in [0.25, 0.3) is 5.91 Å². The molecular weight excluding hydrogens is 350 g/mol. The Labute approximate surface area is 155 Å². The van der Waals surface area contributed by atoms with E-state index < -0.39 is 0 Å². The summed E-state index contributed by atoms with van der Waals surface area (Å²) in [5.41, 5.74) is 1.70. The molecule has 134 valence electrons. The summed E-state index contributed by atoms with van der Waals surface area (Å²) in [5.74, 6) is 0.643. The molecule has 26 heavy (non-hydrogen) atoms. The largest absolute Gasteiger partial charge is 0.376 e. The third kappa shape index (κ3) is 3.81. The van der Waals surface area contributed by atoms with Crippen LogP contribution in [-0.2, 0) is 11.3 Å². The number of hydrogen-bond donors (Lipinski definition) is 0. The third-order valence-electron chi connectivity index (χ3n) is 4.37. The minimum absolute atomic E-state index is 0.0329. The Morgan fingerprint density at radius 3 is 2.85 bits per heavy atom. The van der Waals surface area contributed by atoms with Crippen molar-refractivity contribution in [2.24, 2.45) is 0 Å². The average molecular weight is 369 g/mol. The van der Waals surface area contributed by atoms with Crippen molar-refractivity contribution in [2.45, 2.75) is 25.5 Å². The third-order valence-corrected chi connectivity index (χ3v) is 5.10. The first-order valence-electron chi connectivity index (χ1n) is 8.52. The van der Waals surface area contributed by atoms with Gasteiger partial charge in [-0.2, -0.15) is 11.3 Å². The second-order valence-corrected chi connectivity index (χ2v) is 7.01. The van der Waals surface area contributed by atoms with Gasteiger partial charge in [-0.15, -0.1) is 10.2 Å². The normalized spacial score (nSPS) is 16.7. The lowest BCUT2D eigenvalue weighted by Crippen LogP contribution is -2.36. The zero-order chi connectivity index (χ0) is 17.8. The number of aromatic nitrogens is 4. The van der Waals surface area contributed by atoms with Gasteiger partial charge in [0.1, 0.15) is 18.5 Å². The summed E-state index contributed by atoms with van der Waals surface area (Å²) in [6, 6.07) is 5.64. The molecule has 0 unspecified atom stereocenters. The second-order valence-electron chi connectivity index (χ2n) is 6.23. The monoisotopic (exact) mass is 369 g/mol. The van der Waals surface area contributed by atoms with E-state index in [1.807, 2.05) is 16.3 Å². The van der Waals surface area contributed by atoms with Crippen molar-refractivity contribution in [1.29, 1.82) is 0 Å². The molecule has 3 aromatic heterocycles. The van der Waals surface area contributed by atoms with Gasteiger partial charge in [-0.3, -0.25) is 9.36 Å². The van der Waals surface area contributed by atoms with E-state index in [4.69, 9.17) is 4.74 Å². The Morgan fingerprint density at radius 2 is 2.19 bits per heavy atom. The molecule has 1 atom stereocenters. The maximum Gasteiger partial charge on any atom is 0.255 e. The number of thiophene rings is 1. The molecule has 1 amide bonds. The lowest BCUT2D eigenvalue weighted by atomic mass is 10.1. The van der Waals surface area contributed by atoms with Crippen molar-refractivity contribution in [3.05, 3.63) is 58.9 Å². The lowest BCUT2D eigenvalue weighted by molar-refractivity contribution is 0.0507. The van der Waals surface area contributed by atoms with Gasteiger partial charge < -0.3 is 9.64 Å². The highest BCUT2D eigenvalue weighted by atomic mass is 32.1. The molecule has 1 aliphatic heterocycles.